The highest BCUT2D eigenvalue weighted by molar-refractivity contribution is 7.90. The molecule has 0 unspecified atom stereocenters. The smallest absolute Gasteiger partial charge is 0.293 e. The monoisotopic (exact) mass is 405 g/mol. The zero-order chi connectivity index (χ0) is 20.7. The van der Waals surface area contributed by atoms with Crippen molar-refractivity contribution < 1.29 is 13.3 Å². The summed E-state index contributed by atoms with van der Waals surface area (Å²) in [4.78, 5) is 15.3. The summed E-state index contributed by atoms with van der Waals surface area (Å²) in [6.45, 7) is 7.79. The number of rotatable bonds is 10. The Hall–Kier alpha value is -2.45. The largest absolute Gasteiger partial charge is 0.360 e. The van der Waals surface area contributed by atoms with E-state index in [0.29, 0.717) is 18.8 Å². The Morgan fingerprint density at radius 3 is 2.18 bits per heavy atom. The van der Waals surface area contributed by atoms with Crippen LogP contribution in [0.25, 0.3) is 0 Å². The van der Waals surface area contributed by atoms with E-state index in [9.17, 15) is 18.5 Å². The van der Waals surface area contributed by atoms with Gasteiger partial charge in [0.1, 0.15) is 5.69 Å². The zero-order valence-corrected chi connectivity index (χ0v) is 17.4. The molecule has 2 aromatic carbocycles. The number of nitro groups is 1. The average Bonchev–Trinajstić information content (AvgIpc) is 2.67. The fourth-order valence-electron chi connectivity index (χ4n) is 3.04. The molecule has 152 valence electrons. The van der Waals surface area contributed by atoms with Gasteiger partial charge in [0.05, 0.1) is 9.82 Å². The van der Waals surface area contributed by atoms with Crippen molar-refractivity contribution in [2.45, 2.75) is 25.3 Å². The van der Waals surface area contributed by atoms with Gasteiger partial charge in [-0.2, -0.15) is 0 Å². The second-order valence-corrected chi connectivity index (χ2v) is 8.63. The van der Waals surface area contributed by atoms with Gasteiger partial charge in [-0.15, -0.1) is 0 Å². The van der Waals surface area contributed by atoms with Gasteiger partial charge in [0.2, 0.25) is 0 Å². The van der Waals surface area contributed by atoms with Gasteiger partial charge in [-0.1, -0.05) is 44.2 Å². The maximum atomic E-state index is 11.8. The van der Waals surface area contributed by atoms with Gasteiger partial charge in [-0.05, 0) is 30.8 Å². The van der Waals surface area contributed by atoms with Crippen molar-refractivity contribution in [1.29, 1.82) is 0 Å². The van der Waals surface area contributed by atoms with E-state index >= 15 is 0 Å². The first kappa shape index (κ1) is 21.8. The highest BCUT2D eigenvalue weighted by Gasteiger charge is 2.23. The maximum absolute atomic E-state index is 11.8. The van der Waals surface area contributed by atoms with Gasteiger partial charge >= 0.3 is 0 Å². The molecule has 0 N–H and O–H groups in total. The molecule has 28 heavy (non-hydrogen) atoms. The third-order valence-electron chi connectivity index (χ3n) is 4.71. The molecule has 0 radical (unpaired) electrons. The predicted octanol–water partition coefficient (Wildman–Crippen LogP) is 3.35. The van der Waals surface area contributed by atoms with Crippen molar-refractivity contribution in [3.63, 3.8) is 0 Å². The summed E-state index contributed by atoms with van der Waals surface area (Å²) < 4.78 is 23.7. The average molecular weight is 406 g/mol. The molecule has 0 aliphatic carbocycles. The van der Waals surface area contributed by atoms with Gasteiger partial charge < -0.3 is 9.80 Å². The van der Waals surface area contributed by atoms with E-state index in [1.165, 1.54) is 6.07 Å². The minimum absolute atomic E-state index is 0.0497. The molecule has 0 aliphatic rings. The molecule has 0 heterocycles. The fourth-order valence-corrected chi connectivity index (χ4v) is 3.68. The normalized spacial score (nSPS) is 11.6. The molecule has 7 nitrogen and oxygen atoms in total. The van der Waals surface area contributed by atoms with E-state index in [4.69, 9.17) is 0 Å². The van der Waals surface area contributed by atoms with Crippen LogP contribution in [0.2, 0.25) is 0 Å². The van der Waals surface area contributed by atoms with Crippen molar-refractivity contribution in [2.24, 2.45) is 0 Å². The molecule has 0 spiro atoms. The Balaban J connectivity index is 2.44. The lowest BCUT2D eigenvalue weighted by Gasteiger charge is -2.28. The summed E-state index contributed by atoms with van der Waals surface area (Å²) in [5.41, 5.74) is 1.26. The van der Waals surface area contributed by atoms with E-state index in [0.717, 1.165) is 37.5 Å². The first-order chi connectivity index (χ1) is 13.3. The minimum atomic E-state index is -3.53. The van der Waals surface area contributed by atoms with Crippen LogP contribution in [0.3, 0.4) is 0 Å². The fraction of sp³-hybridized carbons (Fsp3) is 0.400. The van der Waals surface area contributed by atoms with Crippen molar-refractivity contribution in [1.82, 2.24) is 4.90 Å². The highest BCUT2D eigenvalue weighted by Crippen LogP contribution is 2.32. The second-order valence-electron chi connectivity index (χ2n) is 6.61. The van der Waals surface area contributed by atoms with Crippen LogP contribution in [0.1, 0.15) is 19.4 Å². The van der Waals surface area contributed by atoms with Crippen LogP contribution in [0.15, 0.2) is 53.4 Å². The zero-order valence-electron chi connectivity index (χ0n) is 16.5. The summed E-state index contributed by atoms with van der Waals surface area (Å²) in [5, 5.41) is 11.7. The Morgan fingerprint density at radius 2 is 1.64 bits per heavy atom. The third-order valence-corrected chi connectivity index (χ3v) is 5.82. The summed E-state index contributed by atoms with van der Waals surface area (Å²) >= 11 is 0. The van der Waals surface area contributed by atoms with Crippen molar-refractivity contribution in [3.05, 3.63) is 64.2 Å². The first-order valence-electron chi connectivity index (χ1n) is 9.26. The van der Waals surface area contributed by atoms with E-state index in [1.807, 2.05) is 35.2 Å². The molecule has 0 saturated heterocycles. The topological polar surface area (TPSA) is 83.8 Å². The second kappa shape index (κ2) is 9.66. The van der Waals surface area contributed by atoms with E-state index in [2.05, 4.69) is 18.7 Å². The summed E-state index contributed by atoms with van der Waals surface area (Å²) in [7, 11) is -3.53. The molecule has 0 fully saturated rings. The highest BCUT2D eigenvalue weighted by atomic mass is 32.2. The summed E-state index contributed by atoms with van der Waals surface area (Å²) in [6.07, 6.45) is 1.05. The van der Waals surface area contributed by atoms with Crippen molar-refractivity contribution in [3.8, 4) is 0 Å². The SMILES string of the molecule is CCN(CC)CCN(Cc1ccccc1)c1ccc(S(C)(=O)=O)cc1[N+](=O)[O-]. The van der Waals surface area contributed by atoms with E-state index < -0.39 is 14.8 Å². The molecular weight excluding hydrogens is 378 g/mol. The number of benzene rings is 2. The van der Waals surface area contributed by atoms with E-state index in [1.54, 1.807) is 6.07 Å². The number of nitro benzene ring substituents is 1. The Kier molecular flexibility index (Phi) is 7.53. The molecular formula is C20H27N3O4S. The van der Waals surface area contributed by atoms with Crippen LogP contribution in [0.5, 0.6) is 0 Å². The number of sulfone groups is 1. The standard InChI is InChI=1S/C20H27N3O4S/c1-4-21(5-2)13-14-22(16-17-9-7-6-8-10-17)19-12-11-18(28(3,26)27)15-20(19)23(24)25/h6-12,15H,4-5,13-14,16H2,1-3H3. The minimum Gasteiger partial charge on any atom is -0.360 e. The van der Waals surface area contributed by atoms with Gasteiger partial charge in [-0.3, -0.25) is 10.1 Å². The molecule has 0 amide bonds. The molecule has 2 rings (SSSR count). The molecule has 0 bridgehead atoms. The lowest BCUT2D eigenvalue weighted by atomic mass is 10.1. The molecule has 0 aromatic heterocycles. The van der Waals surface area contributed by atoms with Crippen LogP contribution in [0.4, 0.5) is 11.4 Å². The van der Waals surface area contributed by atoms with E-state index in [-0.39, 0.29) is 10.6 Å². The van der Waals surface area contributed by atoms with Gasteiger partial charge in [0.25, 0.3) is 5.69 Å². The molecule has 0 aliphatic heterocycles. The lowest BCUT2D eigenvalue weighted by molar-refractivity contribution is -0.384. The van der Waals surface area contributed by atoms with Crippen LogP contribution in [-0.2, 0) is 16.4 Å². The quantitative estimate of drug-likeness (QED) is 0.445. The maximum Gasteiger partial charge on any atom is 0.293 e. The number of likely N-dealkylation sites (N-methyl/N-ethyl adjacent to an activating group) is 1. The third kappa shape index (κ3) is 5.77. The van der Waals surface area contributed by atoms with Gasteiger partial charge in [-0.25, -0.2) is 8.42 Å². The molecule has 8 heteroatoms. The molecule has 0 atom stereocenters. The van der Waals surface area contributed by atoms with Crippen LogP contribution in [-0.4, -0.2) is 50.7 Å². The molecule has 0 saturated carbocycles. The predicted molar refractivity (Wildman–Crippen MR) is 111 cm³/mol. The van der Waals surface area contributed by atoms with Gasteiger partial charge in [0, 0.05) is 32.0 Å². The summed E-state index contributed by atoms with van der Waals surface area (Å²) in [6, 6.07) is 13.9. The number of hydrogen-bond acceptors (Lipinski definition) is 6. The Labute approximate surface area is 166 Å². The van der Waals surface area contributed by atoms with Crippen molar-refractivity contribution in [2.75, 3.05) is 37.3 Å². The Morgan fingerprint density at radius 1 is 1.00 bits per heavy atom. The van der Waals surface area contributed by atoms with Crippen LogP contribution in [0, 0.1) is 10.1 Å². The van der Waals surface area contributed by atoms with Gasteiger partial charge in [0.15, 0.2) is 9.84 Å². The molecule has 2 aromatic rings. The van der Waals surface area contributed by atoms with Crippen LogP contribution < -0.4 is 4.90 Å². The number of anilines is 1. The number of hydrogen-bond donors (Lipinski definition) is 0. The first-order valence-corrected chi connectivity index (χ1v) is 11.1. The van der Waals surface area contributed by atoms with Crippen molar-refractivity contribution >= 4 is 21.2 Å². The van der Waals surface area contributed by atoms with Crippen LogP contribution >= 0.6 is 0 Å². The Bertz CT molecular complexity index is 897. The lowest BCUT2D eigenvalue weighted by Crippen LogP contribution is -2.35. The number of nitrogens with zero attached hydrogens (tertiary/aromatic N) is 3. The summed E-state index contributed by atoms with van der Waals surface area (Å²) in [5.74, 6) is 0.